The first-order valence-corrected chi connectivity index (χ1v) is 32.1. The van der Waals surface area contributed by atoms with Gasteiger partial charge in [0.1, 0.15) is 23.3 Å². The molecule has 12 rings (SSSR count). The van der Waals surface area contributed by atoms with Gasteiger partial charge in [0.15, 0.2) is 0 Å². The molecule has 9 aromatic rings. The molecule has 3 amide bonds. The lowest BCUT2D eigenvalue weighted by Gasteiger charge is -2.37. The molecule has 0 saturated carbocycles. The van der Waals surface area contributed by atoms with E-state index >= 15 is 0 Å². The Bertz CT molecular complexity index is 4210. The van der Waals surface area contributed by atoms with E-state index < -0.39 is 21.6 Å². The number of H-pyrrole nitrogens is 3. The maximum Gasteiger partial charge on any atom is 0.335 e. The highest BCUT2D eigenvalue weighted by Crippen LogP contribution is 2.38. The summed E-state index contributed by atoms with van der Waals surface area (Å²) in [5.41, 5.74) is 11.7. The van der Waals surface area contributed by atoms with Crippen LogP contribution in [0.5, 0.6) is 0 Å². The number of anilines is 4. The standard InChI is InChI=1S/C22H24N6O3S.C22H23N5O.C20H24N6O.O2S/c1-3-5-20(29)28-11-4-6-16(14-28)26-21-17-8-10-24-22(17)25-13-18(21)19-12-15(7-9-23-19)27-32(2,30)31;1-3-5-20(28)27-11-4-6-16(14-27)26-21-17-9-10-23-22(17)25-13-18(21)19-8-7-15(2)12-24-19;1-3-18(27)26-10-13(2)8-14(11-26)25-19-15-4-7-22-20(15)23-9-16(19)17-5-6-21-12-24-17;1-3-2/h1,7-10,12-13,16H,4-6,11,14H2,2H3,(H,23,27)(H2,24,25,26);1,7-10,12-13,16H,4-6,11,14H2,2H3,(H2,23,25,26);4-7,9,12-14H,3,8,10-11H2,1-2H3,(H2,22,23,25);/t2*16-;13-,14+;/m111./s1. The molecule has 3 aliphatic rings. The van der Waals surface area contributed by atoms with Gasteiger partial charge in [-0.1, -0.05) is 31.8 Å². The molecule has 0 radical (unpaired) electrons. The third-order valence-corrected chi connectivity index (χ3v) is 16.2. The van der Waals surface area contributed by atoms with Crippen LogP contribution < -0.4 is 20.7 Å². The zero-order valence-corrected chi connectivity index (χ0v) is 52.0. The van der Waals surface area contributed by atoms with Crippen molar-refractivity contribution in [2.24, 2.45) is 5.92 Å². The molecule has 4 atom stereocenters. The van der Waals surface area contributed by atoms with Crippen molar-refractivity contribution in [3.05, 3.63) is 116 Å². The molecular weight excluding hydrogens is 1180 g/mol. The number of rotatable bonds is 14. The molecule has 12 heterocycles. The predicted molar refractivity (Wildman–Crippen MR) is 349 cm³/mol. The SMILES string of the molecule is C#CCC(=O)N1CCC[C@@H](Nc2c(-c3cc(NS(C)(=O)=O)ccn3)cnc3[nH]ccc23)C1.C#CCC(=O)N1CCC[C@@H](Nc2c(-c3ccc(C)cn3)cnc3[nH]ccc23)C1.CCC(=O)N1C[C@H](C)C[C@H](Nc2c(-c3ccncn3)cnc3[nH]ccc23)C1.O=S=O. The summed E-state index contributed by atoms with van der Waals surface area (Å²) in [5.74, 6) is 5.53. The van der Waals surface area contributed by atoms with E-state index in [0.717, 1.165) is 135 Å². The van der Waals surface area contributed by atoms with Gasteiger partial charge in [-0.2, -0.15) is 8.42 Å². The van der Waals surface area contributed by atoms with Crippen LogP contribution >= 0.6 is 0 Å². The summed E-state index contributed by atoms with van der Waals surface area (Å²) in [4.78, 5) is 82.8. The van der Waals surface area contributed by atoms with Gasteiger partial charge in [0.2, 0.25) is 27.7 Å². The quantitative estimate of drug-likeness (QED) is 0.0505. The van der Waals surface area contributed by atoms with Crippen LogP contribution in [0.4, 0.5) is 22.7 Å². The number of hydrogen-bond acceptors (Lipinski definition) is 17. The Balaban J connectivity index is 0.000000157. The van der Waals surface area contributed by atoms with Crippen molar-refractivity contribution in [2.45, 2.75) is 90.3 Å². The summed E-state index contributed by atoms with van der Waals surface area (Å²) in [7, 11) is -3.42. The molecule has 466 valence electrons. The zero-order chi connectivity index (χ0) is 63.7. The Morgan fingerprint density at radius 2 is 1.12 bits per heavy atom. The molecule has 0 spiro atoms. The van der Waals surface area contributed by atoms with E-state index in [1.54, 1.807) is 42.0 Å². The number of aromatic amines is 3. The fourth-order valence-electron chi connectivity index (χ4n) is 11.5. The fourth-order valence-corrected chi connectivity index (χ4v) is 12.1. The van der Waals surface area contributed by atoms with Gasteiger partial charge >= 0.3 is 11.6 Å². The molecule has 0 unspecified atom stereocenters. The molecule has 7 N–H and O–H groups in total. The number of likely N-dealkylation sites (tertiary alicyclic amines) is 3. The average Bonchev–Trinajstić information content (AvgIpc) is 1.58. The number of hydrogen-bond donors (Lipinski definition) is 7. The number of aryl methyl sites for hydroxylation is 1. The second kappa shape index (κ2) is 30.2. The monoisotopic (exact) mass is 1250 g/mol. The first-order valence-electron chi connectivity index (χ1n) is 29.5. The lowest BCUT2D eigenvalue weighted by molar-refractivity contribution is -0.133. The molecule has 0 aromatic carbocycles. The number of carbonyl (C=O) groups excluding carboxylic acids is 3. The van der Waals surface area contributed by atoms with Gasteiger partial charge in [0.25, 0.3) is 0 Å². The summed E-state index contributed by atoms with van der Waals surface area (Å²) >= 11 is -0.750. The van der Waals surface area contributed by atoms with E-state index in [2.05, 4.69) is 89.3 Å². The smallest absolute Gasteiger partial charge is 0.335 e. The number of amides is 3. The van der Waals surface area contributed by atoms with Crippen molar-refractivity contribution in [2.75, 3.05) is 66.2 Å². The van der Waals surface area contributed by atoms with Crippen molar-refractivity contribution in [3.63, 3.8) is 0 Å². The third kappa shape index (κ3) is 16.4. The minimum Gasteiger partial charge on any atom is -0.379 e. The van der Waals surface area contributed by atoms with Crippen molar-refractivity contribution in [1.82, 2.24) is 64.5 Å². The maximum atomic E-state index is 12.3. The number of carbonyl (C=O) groups is 3. The van der Waals surface area contributed by atoms with E-state index in [1.165, 1.54) is 0 Å². The number of nitrogens with zero attached hydrogens (tertiary/aromatic N) is 10. The van der Waals surface area contributed by atoms with E-state index in [-0.39, 0.29) is 48.7 Å². The molecule has 26 heteroatoms. The highest BCUT2D eigenvalue weighted by Gasteiger charge is 2.30. The Labute approximate surface area is 525 Å². The number of terminal acetylenes is 2. The van der Waals surface area contributed by atoms with Gasteiger partial charge in [-0.05, 0) is 93.0 Å². The fraction of sp³-hybridized carbons (Fsp3) is 0.344. The second-order valence-corrected chi connectivity index (χ2v) is 24.2. The summed E-state index contributed by atoms with van der Waals surface area (Å²) in [6, 6.07) is 15.6. The lowest BCUT2D eigenvalue weighted by Crippen LogP contribution is -2.48. The maximum absolute atomic E-state index is 12.3. The lowest BCUT2D eigenvalue weighted by atomic mass is 9.95. The van der Waals surface area contributed by atoms with Gasteiger partial charge in [0, 0.05) is 152 Å². The first kappa shape index (κ1) is 64.4. The second-order valence-electron chi connectivity index (χ2n) is 22.3. The normalized spacial score (nSPS) is 17.2. The highest BCUT2D eigenvalue weighted by atomic mass is 32.2. The van der Waals surface area contributed by atoms with Crippen molar-refractivity contribution < 1.29 is 31.2 Å². The topological polar surface area (TPSA) is 315 Å². The van der Waals surface area contributed by atoms with Crippen LogP contribution in [0.25, 0.3) is 66.9 Å². The highest BCUT2D eigenvalue weighted by molar-refractivity contribution is 7.92. The van der Waals surface area contributed by atoms with Crippen LogP contribution in [-0.2, 0) is 36.0 Å². The van der Waals surface area contributed by atoms with Crippen LogP contribution in [-0.4, -0.2) is 163 Å². The Hall–Kier alpha value is -10.1. The van der Waals surface area contributed by atoms with E-state index in [0.29, 0.717) is 49.9 Å². The largest absolute Gasteiger partial charge is 0.379 e. The van der Waals surface area contributed by atoms with Gasteiger partial charge in [-0.3, -0.25) is 29.1 Å². The molecule has 3 aliphatic heterocycles. The Morgan fingerprint density at radius 1 is 0.622 bits per heavy atom. The number of piperidine rings is 3. The minimum atomic E-state index is -3.42. The molecular formula is C64H71N17O7S2. The summed E-state index contributed by atoms with van der Waals surface area (Å²) in [5, 5.41) is 13.9. The van der Waals surface area contributed by atoms with Crippen LogP contribution in [0.1, 0.15) is 70.8 Å². The van der Waals surface area contributed by atoms with Gasteiger partial charge in [0.05, 0.1) is 58.9 Å². The molecule has 9 aromatic heterocycles. The molecule has 90 heavy (non-hydrogen) atoms. The van der Waals surface area contributed by atoms with Gasteiger partial charge in [-0.25, -0.2) is 33.3 Å². The van der Waals surface area contributed by atoms with Gasteiger partial charge < -0.3 is 45.6 Å². The van der Waals surface area contributed by atoms with Crippen molar-refractivity contribution in [1.29, 1.82) is 0 Å². The molecule has 0 aliphatic carbocycles. The number of fused-ring (bicyclic) bond motifs is 3. The number of sulfonamides is 1. The van der Waals surface area contributed by atoms with Crippen LogP contribution in [0.2, 0.25) is 0 Å². The van der Waals surface area contributed by atoms with E-state index in [1.807, 2.05) is 97.2 Å². The predicted octanol–water partition coefficient (Wildman–Crippen LogP) is 8.19. The van der Waals surface area contributed by atoms with Crippen LogP contribution in [0.15, 0.2) is 111 Å². The van der Waals surface area contributed by atoms with E-state index in [9.17, 15) is 22.8 Å². The minimum absolute atomic E-state index is 0.0240. The van der Waals surface area contributed by atoms with Crippen LogP contribution in [0.3, 0.4) is 0 Å². The number of nitrogens with one attached hydrogen (secondary N) is 7. The molecule has 3 saturated heterocycles. The molecule has 0 bridgehead atoms. The number of pyridine rings is 5. The van der Waals surface area contributed by atoms with E-state index in [4.69, 9.17) is 21.3 Å². The third-order valence-electron chi connectivity index (χ3n) is 15.6. The average molecular weight is 1250 g/mol. The van der Waals surface area contributed by atoms with Gasteiger partial charge in [-0.15, -0.1) is 12.8 Å². The van der Waals surface area contributed by atoms with Crippen molar-refractivity contribution >= 4 is 95.2 Å². The Morgan fingerprint density at radius 3 is 1.59 bits per heavy atom. The first-order chi connectivity index (χ1) is 43.6. The summed E-state index contributed by atoms with van der Waals surface area (Å²) in [6.45, 7) is 10.4. The molecule has 3 fully saturated rings. The summed E-state index contributed by atoms with van der Waals surface area (Å²) < 4.78 is 42.4. The molecule has 24 nitrogen and oxygen atoms in total. The van der Waals surface area contributed by atoms with Crippen molar-refractivity contribution in [3.8, 4) is 58.5 Å². The Kier molecular flexibility index (Phi) is 21.6. The van der Waals surface area contributed by atoms with Crippen LogP contribution in [0, 0.1) is 37.5 Å². The summed E-state index contributed by atoms with van der Waals surface area (Å²) in [6.07, 6.45) is 34.9. The number of aromatic nitrogens is 10. The zero-order valence-electron chi connectivity index (χ0n) is 50.4.